The van der Waals surface area contributed by atoms with Gasteiger partial charge < -0.3 is 25.8 Å². The molecule has 11 heteroatoms. The van der Waals surface area contributed by atoms with Crippen molar-refractivity contribution in [3.8, 4) is 17.3 Å². The summed E-state index contributed by atoms with van der Waals surface area (Å²) >= 11 is 0. The zero-order valence-electron chi connectivity index (χ0n) is 19.9. The van der Waals surface area contributed by atoms with Gasteiger partial charge in [-0.3, -0.25) is 4.68 Å². The van der Waals surface area contributed by atoms with Gasteiger partial charge in [0.2, 0.25) is 0 Å². The standard InChI is InChI=1S/C24H29F2N7O2/c1-3-35-15-10-17(25)16(18(26)11-15)12-33-20(14-4-5-14)13(2)19(31-33)24-29-22(27)21(23(28)30-24)32-6-8-34-9-7-32/h10-11,14H,3-9,12H2,1-2H3,(H4,27,28,29,30). The number of halogens is 2. The Hall–Kier alpha value is -3.47. The summed E-state index contributed by atoms with van der Waals surface area (Å²) in [5, 5.41) is 4.68. The van der Waals surface area contributed by atoms with E-state index in [1.165, 1.54) is 12.1 Å². The highest BCUT2D eigenvalue weighted by Crippen LogP contribution is 2.44. The van der Waals surface area contributed by atoms with Gasteiger partial charge in [-0.25, -0.2) is 18.7 Å². The molecule has 2 fully saturated rings. The van der Waals surface area contributed by atoms with Crippen molar-refractivity contribution in [2.24, 2.45) is 0 Å². The smallest absolute Gasteiger partial charge is 0.184 e. The highest BCUT2D eigenvalue weighted by Gasteiger charge is 2.33. The molecule has 3 aromatic rings. The van der Waals surface area contributed by atoms with Gasteiger partial charge in [0, 0.05) is 48.0 Å². The molecule has 1 saturated heterocycles. The first-order valence-corrected chi connectivity index (χ1v) is 11.8. The lowest BCUT2D eigenvalue weighted by molar-refractivity contribution is 0.123. The Balaban J connectivity index is 1.52. The highest BCUT2D eigenvalue weighted by atomic mass is 19.1. The molecule has 1 saturated carbocycles. The van der Waals surface area contributed by atoms with E-state index in [2.05, 4.69) is 15.1 Å². The number of hydrogen-bond donors (Lipinski definition) is 2. The van der Waals surface area contributed by atoms with Crippen LogP contribution < -0.4 is 21.1 Å². The number of nitrogens with zero attached hydrogens (tertiary/aromatic N) is 5. The predicted octanol–water partition coefficient (Wildman–Crippen LogP) is 3.25. The van der Waals surface area contributed by atoms with Crippen LogP contribution >= 0.6 is 0 Å². The molecule has 0 spiro atoms. The zero-order chi connectivity index (χ0) is 24.7. The van der Waals surface area contributed by atoms with Gasteiger partial charge in [-0.1, -0.05) is 0 Å². The number of nitrogens with two attached hydrogens (primary N) is 2. The molecule has 1 aromatic carbocycles. The van der Waals surface area contributed by atoms with Gasteiger partial charge >= 0.3 is 0 Å². The average Bonchev–Trinajstić information content (AvgIpc) is 3.59. The third kappa shape index (κ3) is 4.47. The van der Waals surface area contributed by atoms with Gasteiger partial charge in [-0.05, 0) is 26.7 Å². The second kappa shape index (κ2) is 9.29. The van der Waals surface area contributed by atoms with Crippen LogP contribution in [0.4, 0.5) is 26.1 Å². The van der Waals surface area contributed by atoms with Crippen LogP contribution in [0, 0.1) is 18.6 Å². The van der Waals surface area contributed by atoms with Gasteiger partial charge in [0.25, 0.3) is 0 Å². The fourth-order valence-electron chi connectivity index (χ4n) is 4.61. The maximum atomic E-state index is 14.8. The van der Waals surface area contributed by atoms with Gasteiger partial charge in [0.05, 0.1) is 26.4 Å². The molecule has 9 nitrogen and oxygen atoms in total. The summed E-state index contributed by atoms with van der Waals surface area (Å²) in [7, 11) is 0. The van der Waals surface area contributed by atoms with Crippen molar-refractivity contribution in [2.75, 3.05) is 49.3 Å². The Kier molecular flexibility index (Phi) is 6.18. The van der Waals surface area contributed by atoms with Gasteiger partial charge in [0.15, 0.2) is 17.5 Å². The topological polar surface area (TPSA) is 117 Å². The molecule has 35 heavy (non-hydrogen) atoms. The zero-order valence-corrected chi connectivity index (χ0v) is 19.9. The first-order chi connectivity index (χ1) is 16.9. The van der Waals surface area contributed by atoms with Crippen LogP contribution in [0.2, 0.25) is 0 Å². The number of ether oxygens (including phenoxy) is 2. The maximum absolute atomic E-state index is 14.8. The minimum Gasteiger partial charge on any atom is -0.494 e. The van der Waals surface area contributed by atoms with Crippen LogP contribution in [-0.4, -0.2) is 52.7 Å². The van der Waals surface area contributed by atoms with Crippen molar-refractivity contribution >= 4 is 17.3 Å². The molecular weight excluding hydrogens is 456 g/mol. The van der Waals surface area contributed by atoms with Crippen LogP contribution in [0.3, 0.4) is 0 Å². The van der Waals surface area contributed by atoms with Gasteiger partial charge in [-0.15, -0.1) is 0 Å². The van der Waals surface area contributed by atoms with E-state index in [0.717, 1.165) is 24.1 Å². The normalized spacial score (nSPS) is 16.1. The van der Waals surface area contributed by atoms with Crippen LogP contribution in [0.5, 0.6) is 5.75 Å². The second-order valence-corrected chi connectivity index (χ2v) is 8.85. The molecule has 0 bridgehead atoms. The molecule has 186 valence electrons. The van der Waals surface area contributed by atoms with E-state index in [1.54, 1.807) is 11.6 Å². The van der Waals surface area contributed by atoms with Crippen LogP contribution in [0.25, 0.3) is 11.5 Å². The average molecular weight is 486 g/mol. The fourth-order valence-corrected chi connectivity index (χ4v) is 4.61. The monoisotopic (exact) mass is 485 g/mol. The summed E-state index contributed by atoms with van der Waals surface area (Å²) in [4.78, 5) is 11.0. The molecule has 0 atom stereocenters. The number of anilines is 3. The molecule has 4 N–H and O–H groups in total. The summed E-state index contributed by atoms with van der Waals surface area (Å²) in [6.07, 6.45) is 1.97. The van der Waals surface area contributed by atoms with E-state index < -0.39 is 11.6 Å². The SMILES string of the molecule is CCOc1cc(F)c(Cn2nc(-c3nc(N)c(N4CCOCC4)c(N)n3)c(C)c2C2CC2)c(F)c1. The number of benzene rings is 1. The minimum absolute atomic E-state index is 0.0619. The molecule has 0 radical (unpaired) electrons. The van der Waals surface area contributed by atoms with E-state index in [1.807, 2.05) is 11.8 Å². The van der Waals surface area contributed by atoms with E-state index >= 15 is 0 Å². The number of rotatable bonds is 7. The van der Waals surface area contributed by atoms with E-state index in [0.29, 0.717) is 50.1 Å². The third-order valence-electron chi connectivity index (χ3n) is 6.41. The largest absolute Gasteiger partial charge is 0.494 e. The summed E-state index contributed by atoms with van der Waals surface area (Å²) in [6.45, 7) is 6.39. The van der Waals surface area contributed by atoms with Crippen molar-refractivity contribution in [3.63, 3.8) is 0 Å². The first kappa shape index (κ1) is 23.3. The van der Waals surface area contributed by atoms with E-state index in [9.17, 15) is 8.78 Å². The second-order valence-electron chi connectivity index (χ2n) is 8.85. The fraction of sp³-hybridized carbons (Fsp3) is 0.458. The summed E-state index contributed by atoms with van der Waals surface area (Å²) in [6, 6.07) is 2.40. The predicted molar refractivity (Wildman–Crippen MR) is 128 cm³/mol. The molecule has 1 aliphatic heterocycles. The highest BCUT2D eigenvalue weighted by molar-refractivity contribution is 5.78. The Morgan fingerprint density at radius 1 is 1.09 bits per heavy atom. The minimum atomic E-state index is -0.676. The summed E-state index contributed by atoms with van der Waals surface area (Å²) in [5.41, 5.74) is 15.4. The van der Waals surface area contributed by atoms with Crippen LogP contribution in [0.15, 0.2) is 12.1 Å². The molecule has 0 unspecified atom stereocenters. The molecule has 2 aliphatic rings. The van der Waals surface area contributed by atoms with Crippen LogP contribution in [-0.2, 0) is 11.3 Å². The molecule has 3 heterocycles. The number of aromatic nitrogens is 4. The van der Waals surface area contributed by atoms with Gasteiger partial charge in [0.1, 0.15) is 28.8 Å². The number of morpholine rings is 1. The molecule has 1 aliphatic carbocycles. The van der Waals surface area contributed by atoms with Crippen LogP contribution in [0.1, 0.15) is 42.5 Å². The Labute approximate surface area is 202 Å². The van der Waals surface area contributed by atoms with E-state index in [-0.39, 0.29) is 35.4 Å². The molecule has 0 amide bonds. The van der Waals surface area contributed by atoms with Crippen molar-refractivity contribution in [2.45, 2.75) is 39.2 Å². The van der Waals surface area contributed by atoms with Crippen molar-refractivity contribution in [3.05, 3.63) is 40.6 Å². The number of hydrogen-bond acceptors (Lipinski definition) is 8. The number of nitrogen functional groups attached to an aromatic ring is 2. The summed E-state index contributed by atoms with van der Waals surface area (Å²) < 4.78 is 41.9. The van der Waals surface area contributed by atoms with Crippen molar-refractivity contribution in [1.82, 2.24) is 19.7 Å². The van der Waals surface area contributed by atoms with E-state index in [4.69, 9.17) is 20.9 Å². The quantitative estimate of drug-likeness (QED) is 0.524. The molecular formula is C24H29F2N7O2. The molecule has 5 rings (SSSR count). The first-order valence-electron chi connectivity index (χ1n) is 11.8. The maximum Gasteiger partial charge on any atom is 0.184 e. The third-order valence-corrected chi connectivity index (χ3v) is 6.41. The Morgan fingerprint density at radius 2 is 1.71 bits per heavy atom. The van der Waals surface area contributed by atoms with Crippen molar-refractivity contribution in [1.29, 1.82) is 0 Å². The Morgan fingerprint density at radius 3 is 2.29 bits per heavy atom. The molecule has 2 aromatic heterocycles. The lowest BCUT2D eigenvalue weighted by Crippen LogP contribution is -2.37. The van der Waals surface area contributed by atoms with Crippen molar-refractivity contribution < 1.29 is 18.3 Å². The van der Waals surface area contributed by atoms with Gasteiger partial charge in [-0.2, -0.15) is 5.10 Å². The lowest BCUT2D eigenvalue weighted by atomic mass is 10.1. The lowest BCUT2D eigenvalue weighted by Gasteiger charge is -2.29. The summed E-state index contributed by atoms with van der Waals surface area (Å²) in [5.74, 6) is -0.102. The Bertz CT molecular complexity index is 1210.